The van der Waals surface area contributed by atoms with Crippen molar-refractivity contribution in [3.63, 3.8) is 0 Å². The third-order valence-electron chi connectivity index (χ3n) is 5.42. The van der Waals surface area contributed by atoms with Gasteiger partial charge < -0.3 is 9.69 Å². The number of Topliss-reactive ketones (excluding diaryl/α,β-unsaturated/α-hetero) is 1. The van der Waals surface area contributed by atoms with Crippen LogP contribution in [0.5, 0.6) is 0 Å². The predicted octanol–water partition coefficient (Wildman–Crippen LogP) is 4.70. The van der Waals surface area contributed by atoms with Crippen molar-refractivity contribution in [2.75, 3.05) is 31.9 Å². The molecule has 0 bridgehead atoms. The molecule has 8 heteroatoms. The Kier molecular flexibility index (Phi) is 11.4. The summed E-state index contributed by atoms with van der Waals surface area (Å²) in [5.41, 5.74) is 2.04. The molecular formula is C26H36N2O4S2. The number of carbonyl (C=O) groups excluding carboxylic acids is 2. The summed E-state index contributed by atoms with van der Waals surface area (Å²) in [5, 5.41) is 0.00551. The number of rotatable bonds is 9. The summed E-state index contributed by atoms with van der Waals surface area (Å²) in [6, 6.07) is 16.7. The Morgan fingerprint density at radius 3 is 2.00 bits per heavy atom. The molecule has 1 aliphatic rings. The van der Waals surface area contributed by atoms with Crippen LogP contribution in [-0.4, -0.2) is 66.5 Å². The van der Waals surface area contributed by atoms with Crippen LogP contribution in [0.1, 0.15) is 40.5 Å². The van der Waals surface area contributed by atoms with Crippen molar-refractivity contribution in [3.05, 3.63) is 54.6 Å². The zero-order chi connectivity index (χ0) is 25.1. The van der Waals surface area contributed by atoms with E-state index in [1.165, 1.54) is 45.4 Å². The molecule has 1 aliphatic heterocycles. The van der Waals surface area contributed by atoms with E-state index in [1.807, 2.05) is 49.4 Å². The molecule has 6 nitrogen and oxygen atoms in total. The van der Waals surface area contributed by atoms with Crippen molar-refractivity contribution in [1.29, 1.82) is 0 Å². The number of carbonyl (C=O) groups is 2. The minimum Gasteiger partial charge on any atom is -0.302 e. The van der Waals surface area contributed by atoms with Crippen molar-refractivity contribution in [3.8, 4) is 11.1 Å². The maximum absolute atomic E-state index is 13.5. The van der Waals surface area contributed by atoms with E-state index >= 15 is 0 Å². The highest BCUT2D eigenvalue weighted by Crippen LogP contribution is 2.25. The summed E-state index contributed by atoms with van der Waals surface area (Å²) in [4.78, 5) is 23.5. The molecule has 0 N–H and O–H groups in total. The normalized spacial score (nSPS) is 15.0. The standard InChI is InChI=1S/C23H30N2O3S2.C3H6O/c1-19(18-29-20(2)26)25(17-16-24-14-6-7-15-24)30(27,28)23-12-10-22(11-13-23)21-8-4-3-5-9-21;1-3(2)4/h3-5,8-13,19H,6-7,14-18H2,1-2H3;1-2H3/t19-;/m1./s1. The Hall–Kier alpha value is -2.00. The summed E-state index contributed by atoms with van der Waals surface area (Å²) < 4.78 is 28.5. The van der Waals surface area contributed by atoms with E-state index in [2.05, 4.69) is 4.90 Å². The van der Waals surface area contributed by atoms with Crippen LogP contribution in [0.2, 0.25) is 0 Å². The van der Waals surface area contributed by atoms with Crippen molar-refractivity contribution in [1.82, 2.24) is 9.21 Å². The van der Waals surface area contributed by atoms with Gasteiger partial charge in [0, 0.05) is 31.8 Å². The fraction of sp³-hybridized carbons (Fsp3) is 0.462. The number of benzene rings is 2. The van der Waals surface area contributed by atoms with Crippen LogP contribution in [0, 0.1) is 0 Å². The minimum absolute atomic E-state index is 0.00551. The molecule has 34 heavy (non-hydrogen) atoms. The highest BCUT2D eigenvalue weighted by Gasteiger charge is 2.30. The maximum Gasteiger partial charge on any atom is 0.243 e. The fourth-order valence-corrected chi connectivity index (χ4v) is 6.10. The summed E-state index contributed by atoms with van der Waals surface area (Å²) in [6.07, 6.45) is 2.34. The number of likely N-dealkylation sites (tertiary alicyclic amines) is 1. The van der Waals surface area contributed by atoms with E-state index < -0.39 is 10.0 Å². The highest BCUT2D eigenvalue weighted by molar-refractivity contribution is 8.13. The van der Waals surface area contributed by atoms with Gasteiger partial charge in [0.1, 0.15) is 5.78 Å². The molecular weight excluding hydrogens is 468 g/mol. The molecule has 0 radical (unpaired) electrons. The lowest BCUT2D eigenvalue weighted by atomic mass is 10.1. The lowest BCUT2D eigenvalue weighted by molar-refractivity contribution is -0.115. The van der Waals surface area contributed by atoms with Gasteiger partial charge in [0.15, 0.2) is 5.12 Å². The molecule has 1 saturated heterocycles. The van der Waals surface area contributed by atoms with Crippen LogP contribution in [0.3, 0.4) is 0 Å². The minimum atomic E-state index is -3.66. The molecule has 2 aromatic carbocycles. The molecule has 0 unspecified atom stereocenters. The molecule has 186 valence electrons. The van der Waals surface area contributed by atoms with Crippen LogP contribution in [-0.2, 0) is 19.6 Å². The average molecular weight is 505 g/mol. The van der Waals surface area contributed by atoms with E-state index in [0.29, 0.717) is 17.2 Å². The van der Waals surface area contributed by atoms with Crippen molar-refractivity contribution < 1.29 is 18.0 Å². The number of ketones is 1. The van der Waals surface area contributed by atoms with Gasteiger partial charge in [-0.2, -0.15) is 4.31 Å². The Balaban J connectivity index is 0.000000945. The third-order valence-corrected chi connectivity index (χ3v) is 8.51. The largest absolute Gasteiger partial charge is 0.302 e. The van der Waals surface area contributed by atoms with E-state index in [9.17, 15) is 18.0 Å². The van der Waals surface area contributed by atoms with Crippen molar-refractivity contribution in [2.45, 2.75) is 51.5 Å². The predicted molar refractivity (Wildman–Crippen MR) is 140 cm³/mol. The van der Waals surface area contributed by atoms with Crippen LogP contribution in [0.15, 0.2) is 59.5 Å². The summed E-state index contributed by atoms with van der Waals surface area (Å²) in [7, 11) is -3.66. The first-order valence-electron chi connectivity index (χ1n) is 11.6. The molecule has 0 aromatic heterocycles. The first-order chi connectivity index (χ1) is 16.1. The van der Waals surface area contributed by atoms with Crippen LogP contribution in [0.4, 0.5) is 0 Å². The van der Waals surface area contributed by atoms with Crippen LogP contribution in [0.25, 0.3) is 11.1 Å². The smallest absolute Gasteiger partial charge is 0.243 e. The second-order valence-electron chi connectivity index (χ2n) is 8.61. The summed E-state index contributed by atoms with van der Waals surface area (Å²) >= 11 is 1.18. The topological polar surface area (TPSA) is 74.8 Å². The van der Waals surface area contributed by atoms with Gasteiger partial charge in [0.25, 0.3) is 0 Å². The monoisotopic (exact) mass is 504 g/mol. The lowest BCUT2D eigenvalue weighted by Gasteiger charge is -2.30. The number of thioether (sulfide) groups is 1. The van der Waals surface area contributed by atoms with Crippen molar-refractivity contribution in [2.24, 2.45) is 0 Å². The third kappa shape index (κ3) is 8.98. The molecule has 1 atom stereocenters. The van der Waals surface area contributed by atoms with Gasteiger partial charge in [-0.15, -0.1) is 0 Å². The first-order valence-corrected chi connectivity index (χ1v) is 14.0. The van der Waals surface area contributed by atoms with Crippen LogP contribution < -0.4 is 0 Å². The zero-order valence-electron chi connectivity index (χ0n) is 20.6. The maximum atomic E-state index is 13.5. The van der Waals surface area contributed by atoms with E-state index in [1.54, 1.807) is 16.4 Å². The van der Waals surface area contributed by atoms with E-state index in [0.717, 1.165) is 30.8 Å². The molecule has 0 spiro atoms. The Labute approximate surface area is 208 Å². The molecule has 0 amide bonds. The van der Waals surface area contributed by atoms with Gasteiger partial charge >= 0.3 is 0 Å². The average Bonchev–Trinajstić information content (AvgIpc) is 3.31. The van der Waals surface area contributed by atoms with E-state index in [-0.39, 0.29) is 16.9 Å². The first kappa shape index (κ1) is 28.2. The Morgan fingerprint density at radius 1 is 0.941 bits per heavy atom. The Morgan fingerprint density at radius 2 is 1.47 bits per heavy atom. The lowest BCUT2D eigenvalue weighted by Crippen LogP contribution is -2.44. The highest BCUT2D eigenvalue weighted by atomic mass is 32.2. The molecule has 3 rings (SSSR count). The zero-order valence-corrected chi connectivity index (χ0v) is 22.2. The molecule has 0 aliphatic carbocycles. The fourth-order valence-electron chi connectivity index (χ4n) is 3.73. The summed E-state index contributed by atoms with van der Waals surface area (Å²) in [6.45, 7) is 9.66. The number of hydrogen-bond donors (Lipinski definition) is 0. The molecule has 0 saturated carbocycles. The van der Waals surface area contributed by atoms with Gasteiger partial charge in [0.05, 0.1) is 4.90 Å². The summed E-state index contributed by atoms with van der Waals surface area (Å²) in [5.74, 6) is 0.622. The second kappa shape index (κ2) is 13.8. The quantitative estimate of drug-likeness (QED) is 0.493. The van der Waals surface area contributed by atoms with Gasteiger partial charge in [-0.3, -0.25) is 4.79 Å². The molecule has 2 aromatic rings. The molecule has 1 heterocycles. The number of sulfonamides is 1. The van der Waals surface area contributed by atoms with Crippen LogP contribution >= 0.6 is 11.8 Å². The van der Waals surface area contributed by atoms with Gasteiger partial charge in [-0.1, -0.05) is 54.2 Å². The number of nitrogens with zero attached hydrogens (tertiary/aromatic N) is 2. The SMILES string of the molecule is CC(=O)SC[C@@H](C)N(CCN1CCCC1)S(=O)(=O)c1ccc(-c2ccccc2)cc1.CC(C)=O. The van der Waals surface area contributed by atoms with Crippen molar-refractivity contribution >= 4 is 32.7 Å². The van der Waals surface area contributed by atoms with E-state index in [4.69, 9.17) is 0 Å². The molecule has 1 fully saturated rings. The number of hydrogen-bond acceptors (Lipinski definition) is 6. The van der Waals surface area contributed by atoms with Gasteiger partial charge in [-0.05, 0) is 70.0 Å². The second-order valence-corrected chi connectivity index (χ2v) is 11.7. The Bertz CT molecular complexity index is 1010. The van der Waals surface area contributed by atoms with Gasteiger partial charge in [-0.25, -0.2) is 8.42 Å². The van der Waals surface area contributed by atoms with Gasteiger partial charge in [0.2, 0.25) is 10.0 Å².